The summed E-state index contributed by atoms with van der Waals surface area (Å²) in [6, 6.07) is 0. The molecule has 0 aromatic rings. The van der Waals surface area contributed by atoms with Crippen molar-refractivity contribution in [1.82, 2.24) is 0 Å². The molecule has 0 aliphatic carbocycles. The van der Waals surface area contributed by atoms with Crippen LogP contribution in [0.5, 0.6) is 0 Å². The van der Waals surface area contributed by atoms with Crippen molar-refractivity contribution in [3.63, 3.8) is 0 Å². The molecule has 23 heavy (non-hydrogen) atoms. The van der Waals surface area contributed by atoms with Gasteiger partial charge in [0, 0.05) is 5.25 Å². The second-order valence-electron chi connectivity index (χ2n) is 7.15. The molecule has 2 heteroatoms. The van der Waals surface area contributed by atoms with E-state index in [-0.39, 0.29) is 0 Å². The lowest BCUT2D eigenvalue weighted by Gasteiger charge is -2.18. The molecule has 0 fully saturated rings. The molecular weight excluding hydrogens is 300 g/mol. The van der Waals surface area contributed by atoms with Crippen LogP contribution in [-0.4, -0.2) is 17.1 Å². The molecule has 0 aromatic carbocycles. The molecule has 2 atom stereocenters. The number of rotatable bonds is 18. The molecule has 0 bridgehead atoms. The van der Waals surface area contributed by atoms with Crippen molar-refractivity contribution in [2.45, 2.75) is 128 Å². The van der Waals surface area contributed by atoms with Crippen LogP contribution in [0.4, 0.5) is 0 Å². The Morgan fingerprint density at radius 2 is 1.09 bits per heavy atom. The van der Waals surface area contributed by atoms with Crippen LogP contribution < -0.4 is 0 Å². The first-order valence-electron chi connectivity index (χ1n) is 10.5. The van der Waals surface area contributed by atoms with Gasteiger partial charge in [-0.25, -0.2) is 5.11 Å². The molecule has 0 aliphatic rings. The van der Waals surface area contributed by atoms with E-state index in [1.165, 1.54) is 95.6 Å². The Labute approximate surface area is 151 Å². The van der Waals surface area contributed by atoms with Gasteiger partial charge < -0.3 is 0 Å². The maximum absolute atomic E-state index is 11.8. The molecule has 1 nitrogen and oxygen atoms in total. The first-order valence-corrected chi connectivity index (χ1v) is 11.5. The molecule has 1 radical (unpaired) electrons. The quantitative estimate of drug-likeness (QED) is 0.232. The van der Waals surface area contributed by atoms with Crippen molar-refractivity contribution in [2.75, 3.05) is 5.75 Å². The average Bonchev–Trinajstić information content (AvgIpc) is 2.54. The highest BCUT2D eigenvalue weighted by Crippen LogP contribution is 2.23. The van der Waals surface area contributed by atoms with Crippen LogP contribution in [0.3, 0.4) is 0 Å². The van der Waals surface area contributed by atoms with E-state index in [1.807, 2.05) is 18.7 Å². The minimum atomic E-state index is -0.398. The van der Waals surface area contributed by atoms with Crippen molar-refractivity contribution >= 4 is 11.8 Å². The summed E-state index contributed by atoms with van der Waals surface area (Å²) in [5.41, 5.74) is 0. The summed E-state index contributed by atoms with van der Waals surface area (Å²) in [5.74, 6) is 1.20. The monoisotopic (exact) mass is 343 g/mol. The fourth-order valence-electron chi connectivity index (χ4n) is 3.05. The predicted octanol–water partition coefficient (Wildman–Crippen LogP) is 7.80. The Morgan fingerprint density at radius 3 is 1.57 bits per heavy atom. The number of hydrogen-bond acceptors (Lipinski definition) is 1. The van der Waals surface area contributed by atoms with Crippen LogP contribution in [0.1, 0.15) is 117 Å². The van der Waals surface area contributed by atoms with Gasteiger partial charge in [-0.15, -0.1) is 0 Å². The summed E-state index contributed by atoms with van der Waals surface area (Å²) < 4.78 is 0. The number of hydrogen-bond donors (Lipinski definition) is 0. The van der Waals surface area contributed by atoms with E-state index in [0.717, 1.165) is 6.42 Å². The van der Waals surface area contributed by atoms with E-state index in [1.54, 1.807) is 0 Å². The summed E-state index contributed by atoms with van der Waals surface area (Å²) in [6.45, 7) is 6.39. The molecule has 0 spiro atoms. The molecule has 0 rings (SSSR count). The highest BCUT2D eigenvalue weighted by Gasteiger charge is 2.16. The first-order chi connectivity index (χ1) is 11.2. The van der Waals surface area contributed by atoms with Gasteiger partial charge in [-0.3, -0.25) is 0 Å². The van der Waals surface area contributed by atoms with Crippen molar-refractivity contribution in [3.8, 4) is 0 Å². The van der Waals surface area contributed by atoms with E-state index in [4.69, 9.17) is 0 Å². The Hall–Kier alpha value is 0.310. The van der Waals surface area contributed by atoms with E-state index in [9.17, 15) is 5.11 Å². The summed E-state index contributed by atoms with van der Waals surface area (Å²) in [4.78, 5) is 0. The van der Waals surface area contributed by atoms with Gasteiger partial charge in [-0.05, 0) is 25.5 Å². The van der Waals surface area contributed by atoms with Gasteiger partial charge in [-0.1, -0.05) is 97.3 Å². The van der Waals surface area contributed by atoms with Gasteiger partial charge in [0.1, 0.15) is 6.10 Å². The van der Waals surface area contributed by atoms with Gasteiger partial charge in [0.15, 0.2) is 0 Å². The van der Waals surface area contributed by atoms with Gasteiger partial charge in [0.2, 0.25) is 0 Å². The lowest BCUT2D eigenvalue weighted by atomic mass is 10.1. The van der Waals surface area contributed by atoms with Crippen molar-refractivity contribution in [3.05, 3.63) is 0 Å². The molecule has 0 saturated carbocycles. The standard InChI is InChI=1S/C21H43OS/c1-4-6-8-10-11-12-13-15-17-19-23-21(20(3)22)18-16-14-9-7-5-2/h20-21H,4-19H2,1-3H3. The SMILES string of the molecule is CCCCCCCCCCCSC(CCCCCCC)C(C)[O]. The van der Waals surface area contributed by atoms with Crippen LogP contribution in [0, 0.1) is 0 Å². The van der Waals surface area contributed by atoms with Gasteiger partial charge in [0.05, 0.1) is 0 Å². The second-order valence-corrected chi connectivity index (χ2v) is 8.49. The number of thioether (sulfide) groups is 1. The summed E-state index contributed by atoms with van der Waals surface area (Å²) in [5, 5.41) is 12.2. The maximum Gasteiger partial charge on any atom is 0.102 e. The molecule has 139 valence electrons. The molecule has 0 aliphatic heterocycles. The minimum absolute atomic E-state index is 0.352. The average molecular weight is 344 g/mol. The van der Waals surface area contributed by atoms with Gasteiger partial charge in [-0.2, -0.15) is 11.8 Å². The molecular formula is C21H43OS. The second kappa shape index (κ2) is 18.6. The van der Waals surface area contributed by atoms with Crippen molar-refractivity contribution < 1.29 is 5.11 Å². The van der Waals surface area contributed by atoms with E-state index >= 15 is 0 Å². The smallest absolute Gasteiger partial charge is 0.102 e. The molecule has 0 amide bonds. The van der Waals surface area contributed by atoms with Crippen LogP contribution in [0.2, 0.25) is 0 Å². The lowest BCUT2D eigenvalue weighted by molar-refractivity contribution is 0.100. The minimum Gasteiger partial charge on any atom is -0.232 e. The van der Waals surface area contributed by atoms with Crippen LogP contribution in [0.15, 0.2) is 0 Å². The first kappa shape index (κ1) is 23.3. The van der Waals surface area contributed by atoms with Gasteiger partial charge in [0.25, 0.3) is 0 Å². The zero-order chi connectivity index (χ0) is 17.2. The zero-order valence-electron chi connectivity index (χ0n) is 16.3. The predicted molar refractivity (Wildman–Crippen MR) is 107 cm³/mol. The molecule has 0 saturated heterocycles. The third-order valence-electron chi connectivity index (χ3n) is 4.70. The highest BCUT2D eigenvalue weighted by molar-refractivity contribution is 7.99. The van der Waals surface area contributed by atoms with Gasteiger partial charge >= 0.3 is 0 Å². The third-order valence-corrected chi connectivity index (χ3v) is 6.27. The highest BCUT2D eigenvalue weighted by atomic mass is 32.2. The van der Waals surface area contributed by atoms with E-state index in [2.05, 4.69) is 13.8 Å². The fourth-order valence-corrected chi connectivity index (χ4v) is 4.33. The molecule has 0 heterocycles. The van der Waals surface area contributed by atoms with Crippen molar-refractivity contribution in [1.29, 1.82) is 0 Å². The lowest BCUT2D eigenvalue weighted by Crippen LogP contribution is -2.18. The normalized spacial score (nSPS) is 14.1. The fraction of sp³-hybridized carbons (Fsp3) is 1.00. The summed E-state index contributed by atoms with van der Waals surface area (Å²) in [6.07, 6.45) is 19.8. The largest absolute Gasteiger partial charge is 0.232 e. The molecule has 2 unspecified atom stereocenters. The summed E-state index contributed by atoms with van der Waals surface area (Å²) >= 11 is 1.96. The topological polar surface area (TPSA) is 19.9 Å². The Kier molecular flexibility index (Phi) is 18.9. The number of unbranched alkanes of at least 4 members (excludes halogenated alkanes) is 12. The van der Waals surface area contributed by atoms with Crippen LogP contribution in [0.25, 0.3) is 0 Å². The molecule has 0 N–H and O–H groups in total. The Bertz CT molecular complexity index is 218. The molecule has 0 aromatic heterocycles. The van der Waals surface area contributed by atoms with E-state index < -0.39 is 6.10 Å². The van der Waals surface area contributed by atoms with Crippen molar-refractivity contribution in [2.24, 2.45) is 0 Å². The zero-order valence-corrected chi connectivity index (χ0v) is 17.1. The van der Waals surface area contributed by atoms with Crippen LogP contribution >= 0.6 is 11.8 Å². The third kappa shape index (κ3) is 16.9. The summed E-state index contributed by atoms with van der Waals surface area (Å²) in [7, 11) is 0. The Morgan fingerprint density at radius 1 is 0.652 bits per heavy atom. The van der Waals surface area contributed by atoms with E-state index in [0.29, 0.717) is 5.25 Å². The maximum atomic E-state index is 11.8. The van der Waals surface area contributed by atoms with Crippen LogP contribution in [-0.2, 0) is 5.11 Å². The Balaban J connectivity index is 3.43.